The van der Waals surface area contributed by atoms with E-state index in [1.807, 2.05) is 35.2 Å². The molecule has 4 nitrogen and oxygen atoms in total. The molecule has 0 aliphatic carbocycles. The van der Waals surface area contributed by atoms with E-state index in [0.717, 1.165) is 31.6 Å². The summed E-state index contributed by atoms with van der Waals surface area (Å²) in [6.45, 7) is 1.79. The van der Waals surface area contributed by atoms with Crippen LogP contribution in [-0.2, 0) is 0 Å². The number of nitrogens with two attached hydrogens (primary N) is 1. The van der Waals surface area contributed by atoms with Gasteiger partial charge in [0.05, 0.1) is 0 Å². The Hall–Kier alpha value is -2.06. The molecule has 1 aliphatic heterocycles. The van der Waals surface area contributed by atoms with Crippen molar-refractivity contribution in [2.45, 2.75) is 12.8 Å². The van der Waals surface area contributed by atoms with Crippen molar-refractivity contribution < 1.29 is 0 Å². The molecule has 0 amide bonds. The standard InChI is InChI=1S/C14H16N4S/c15-10-12(13(16)18-8-4-5-9-18)14(19)17-11-6-2-1-3-7-11/h1-3,6-7H,4-5,8-9,16H2,(H,17,19). The van der Waals surface area contributed by atoms with Crippen molar-refractivity contribution in [1.82, 2.24) is 4.90 Å². The van der Waals surface area contributed by atoms with Crippen molar-refractivity contribution >= 4 is 22.9 Å². The predicted octanol–water partition coefficient (Wildman–Crippen LogP) is 2.22. The SMILES string of the molecule is N#CC(C(=S)Nc1ccccc1)=C(N)N1CCCC1. The average molecular weight is 272 g/mol. The summed E-state index contributed by atoms with van der Waals surface area (Å²) in [5, 5.41) is 12.3. The number of rotatable bonds is 3. The van der Waals surface area contributed by atoms with Crippen LogP contribution in [0.2, 0.25) is 0 Å². The van der Waals surface area contributed by atoms with Crippen LogP contribution in [0.25, 0.3) is 0 Å². The second kappa shape index (κ2) is 6.21. The maximum absolute atomic E-state index is 9.26. The molecule has 0 unspecified atom stereocenters. The molecule has 0 atom stereocenters. The fraction of sp³-hybridized carbons (Fsp3) is 0.286. The zero-order valence-electron chi connectivity index (χ0n) is 10.6. The number of thiocarbonyl (C=S) groups is 1. The van der Waals surface area contributed by atoms with Crippen molar-refractivity contribution in [3.63, 3.8) is 0 Å². The summed E-state index contributed by atoms with van der Waals surface area (Å²) in [5.41, 5.74) is 7.25. The largest absolute Gasteiger partial charge is 0.384 e. The third kappa shape index (κ3) is 3.24. The lowest BCUT2D eigenvalue weighted by molar-refractivity contribution is 0.420. The van der Waals surface area contributed by atoms with E-state index >= 15 is 0 Å². The highest BCUT2D eigenvalue weighted by Gasteiger charge is 2.18. The minimum absolute atomic E-state index is 0.348. The number of anilines is 1. The van der Waals surface area contributed by atoms with Crippen LogP contribution < -0.4 is 11.1 Å². The van der Waals surface area contributed by atoms with Gasteiger partial charge in [-0.3, -0.25) is 0 Å². The van der Waals surface area contributed by atoms with E-state index in [0.29, 0.717) is 16.4 Å². The van der Waals surface area contributed by atoms with Gasteiger partial charge in [0.25, 0.3) is 0 Å². The van der Waals surface area contributed by atoms with Crippen molar-refractivity contribution in [3.05, 3.63) is 41.7 Å². The summed E-state index contributed by atoms with van der Waals surface area (Å²) in [6, 6.07) is 11.6. The Bertz CT molecular complexity index is 524. The highest BCUT2D eigenvalue weighted by Crippen LogP contribution is 2.16. The number of nitrogens with one attached hydrogen (secondary N) is 1. The van der Waals surface area contributed by atoms with Gasteiger partial charge < -0.3 is 16.0 Å². The molecular weight excluding hydrogens is 256 g/mol. The summed E-state index contributed by atoms with van der Waals surface area (Å²) < 4.78 is 0. The fourth-order valence-electron chi connectivity index (χ4n) is 2.06. The summed E-state index contributed by atoms with van der Waals surface area (Å²) in [6.07, 6.45) is 2.22. The first-order valence-corrected chi connectivity index (χ1v) is 6.64. The molecule has 1 fully saturated rings. The summed E-state index contributed by atoms with van der Waals surface area (Å²) >= 11 is 5.27. The lowest BCUT2D eigenvalue weighted by Gasteiger charge is -2.19. The molecule has 0 bridgehead atoms. The number of benzene rings is 1. The first-order chi connectivity index (χ1) is 9.22. The van der Waals surface area contributed by atoms with Crippen molar-refractivity contribution in [2.75, 3.05) is 18.4 Å². The fourth-order valence-corrected chi connectivity index (χ4v) is 2.32. The molecule has 5 heteroatoms. The lowest BCUT2D eigenvalue weighted by Crippen LogP contribution is -2.29. The Labute approximate surface area is 118 Å². The third-order valence-corrected chi connectivity index (χ3v) is 3.38. The van der Waals surface area contributed by atoms with Gasteiger partial charge in [0.15, 0.2) is 0 Å². The minimum Gasteiger partial charge on any atom is -0.384 e. The van der Waals surface area contributed by atoms with Crippen LogP contribution in [0.3, 0.4) is 0 Å². The average Bonchev–Trinajstić information content (AvgIpc) is 2.94. The second-order valence-corrected chi connectivity index (χ2v) is 4.79. The smallest absolute Gasteiger partial charge is 0.127 e. The third-order valence-electron chi connectivity index (χ3n) is 3.07. The van der Waals surface area contributed by atoms with Crippen LogP contribution in [0.15, 0.2) is 41.7 Å². The first-order valence-electron chi connectivity index (χ1n) is 6.23. The number of para-hydroxylation sites is 1. The molecule has 1 aromatic rings. The molecule has 0 saturated carbocycles. The maximum Gasteiger partial charge on any atom is 0.127 e. The number of hydrogen-bond donors (Lipinski definition) is 2. The minimum atomic E-state index is 0.348. The van der Waals surface area contributed by atoms with Crippen LogP contribution in [0.4, 0.5) is 5.69 Å². The van der Waals surface area contributed by atoms with E-state index in [-0.39, 0.29) is 0 Å². The Balaban J connectivity index is 2.15. The summed E-state index contributed by atoms with van der Waals surface area (Å²) in [5.74, 6) is 0.480. The van der Waals surface area contributed by atoms with Crippen molar-refractivity contribution in [2.24, 2.45) is 5.73 Å². The Morgan fingerprint density at radius 2 is 1.89 bits per heavy atom. The quantitative estimate of drug-likeness (QED) is 0.502. The van der Waals surface area contributed by atoms with Crippen molar-refractivity contribution in [1.29, 1.82) is 5.26 Å². The van der Waals surface area contributed by atoms with Crippen LogP contribution in [0, 0.1) is 11.3 Å². The molecule has 1 aromatic carbocycles. The lowest BCUT2D eigenvalue weighted by atomic mass is 10.2. The van der Waals surface area contributed by atoms with Gasteiger partial charge in [0.1, 0.15) is 22.5 Å². The molecule has 19 heavy (non-hydrogen) atoms. The summed E-state index contributed by atoms with van der Waals surface area (Å²) in [4.78, 5) is 2.38. The normalized spacial score (nSPS) is 15.6. The van der Waals surface area contributed by atoms with E-state index in [9.17, 15) is 5.26 Å². The van der Waals surface area contributed by atoms with E-state index in [1.54, 1.807) is 0 Å². The van der Waals surface area contributed by atoms with E-state index in [2.05, 4.69) is 11.4 Å². The van der Waals surface area contributed by atoms with Gasteiger partial charge >= 0.3 is 0 Å². The van der Waals surface area contributed by atoms with Gasteiger partial charge in [0, 0.05) is 18.8 Å². The molecule has 2 rings (SSSR count). The first kappa shape index (κ1) is 13.4. The van der Waals surface area contributed by atoms with Crippen LogP contribution in [-0.4, -0.2) is 23.0 Å². The molecule has 0 radical (unpaired) electrons. The molecule has 0 aromatic heterocycles. The Kier molecular flexibility index (Phi) is 4.37. The molecular formula is C14H16N4S. The van der Waals surface area contributed by atoms with Gasteiger partial charge in [-0.15, -0.1) is 0 Å². The Morgan fingerprint density at radius 3 is 2.47 bits per heavy atom. The van der Waals surface area contributed by atoms with E-state index < -0.39 is 0 Å². The Morgan fingerprint density at radius 1 is 1.26 bits per heavy atom. The van der Waals surface area contributed by atoms with Crippen LogP contribution >= 0.6 is 12.2 Å². The highest BCUT2D eigenvalue weighted by atomic mass is 32.1. The van der Waals surface area contributed by atoms with Gasteiger partial charge in [-0.05, 0) is 25.0 Å². The molecule has 1 saturated heterocycles. The molecule has 1 heterocycles. The summed E-state index contributed by atoms with van der Waals surface area (Å²) in [7, 11) is 0. The van der Waals surface area contributed by atoms with Gasteiger partial charge in [-0.2, -0.15) is 5.26 Å². The number of nitriles is 1. The van der Waals surface area contributed by atoms with Crippen LogP contribution in [0.1, 0.15) is 12.8 Å². The maximum atomic E-state index is 9.26. The topological polar surface area (TPSA) is 65.1 Å². The zero-order chi connectivity index (χ0) is 13.7. The number of hydrogen-bond acceptors (Lipinski definition) is 4. The molecule has 0 spiro atoms. The number of likely N-dealkylation sites (tertiary alicyclic amines) is 1. The number of nitrogens with zero attached hydrogens (tertiary/aromatic N) is 2. The van der Waals surface area contributed by atoms with Gasteiger partial charge in [-0.25, -0.2) is 0 Å². The molecule has 98 valence electrons. The van der Waals surface area contributed by atoms with Gasteiger partial charge in [0.2, 0.25) is 0 Å². The zero-order valence-corrected chi connectivity index (χ0v) is 11.4. The monoisotopic (exact) mass is 272 g/mol. The predicted molar refractivity (Wildman–Crippen MR) is 80.3 cm³/mol. The second-order valence-electron chi connectivity index (χ2n) is 4.39. The van der Waals surface area contributed by atoms with Crippen molar-refractivity contribution in [3.8, 4) is 6.07 Å². The van der Waals surface area contributed by atoms with E-state index in [4.69, 9.17) is 18.0 Å². The highest BCUT2D eigenvalue weighted by molar-refractivity contribution is 7.81. The van der Waals surface area contributed by atoms with Crippen LogP contribution in [0.5, 0.6) is 0 Å². The van der Waals surface area contributed by atoms with E-state index in [1.165, 1.54) is 0 Å². The molecule has 1 aliphatic rings. The molecule has 3 N–H and O–H groups in total. The van der Waals surface area contributed by atoms with Gasteiger partial charge in [-0.1, -0.05) is 30.4 Å².